The van der Waals surface area contributed by atoms with E-state index in [4.69, 9.17) is 25.5 Å². The molecule has 12 nitrogen and oxygen atoms in total. The lowest BCUT2D eigenvalue weighted by molar-refractivity contribution is -0.137. The summed E-state index contributed by atoms with van der Waals surface area (Å²) >= 11 is 0. The van der Waals surface area contributed by atoms with Crippen molar-refractivity contribution in [3.05, 3.63) is 6.07 Å². The second-order valence-electron chi connectivity index (χ2n) is 7.76. The Morgan fingerprint density at radius 2 is 1.52 bits per heavy atom. The maximum absolute atomic E-state index is 12.4. The number of likely N-dealkylation sites (N-methyl/N-ethyl adjacent to an activating group) is 1. The van der Waals surface area contributed by atoms with Gasteiger partial charge in [0.25, 0.3) is 12.9 Å². The van der Waals surface area contributed by atoms with E-state index in [1.165, 1.54) is 0 Å². The lowest BCUT2D eigenvalue weighted by atomic mass is 9.88. The summed E-state index contributed by atoms with van der Waals surface area (Å²) in [4.78, 5) is 46.7. The number of likely N-dealkylation sites (tertiary alicyclic amines) is 1. The number of nitrogen functional groups attached to an aromatic ring is 1. The Morgan fingerprint density at radius 1 is 0.968 bits per heavy atom. The van der Waals surface area contributed by atoms with Crippen molar-refractivity contribution in [2.45, 2.75) is 6.42 Å². The molecule has 0 radical (unpaired) electrons. The van der Waals surface area contributed by atoms with Gasteiger partial charge in [0.2, 0.25) is 11.9 Å². The molecule has 1 amide bonds. The van der Waals surface area contributed by atoms with Crippen LogP contribution in [-0.2, 0) is 14.4 Å². The van der Waals surface area contributed by atoms with Crippen molar-refractivity contribution in [1.29, 1.82) is 0 Å². The van der Waals surface area contributed by atoms with Crippen LogP contribution in [-0.4, -0.2) is 109 Å². The first-order chi connectivity index (χ1) is 14.8. The number of hydrogen-bond acceptors (Lipinski definition) is 9. The molecule has 4 N–H and O–H groups in total. The average molecular weight is 438 g/mol. The summed E-state index contributed by atoms with van der Waals surface area (Å²) in [6.45, 7) is 5.89. The maximum Gasteiger partial charge on any atom is 0.290 e. The number of piperidine rings is 1. The van der Waals surface area contributed by atoms with E-state index in [-0.39, 0.29) is 24.8 Å². The Hall–Kier alpha value is -3.15. The van der Waals surface area contributed by atoms with Crippen LogP contribution in [0.15, 0.2) is 6.07 Å². The van der Waals surface area contributed by atoms with E-state index in [9.17, 15) is 4.79 Å². The van der Waals surface area contributed by atoms with Crippen LogP contribution < -0.4 is 15.5 Å². The molecule has 31 heavy (non-hydrogen) atoms. The molecular formula is C19H31N7O5. The van der Waals surface area contributed by atoms with Crippen LogP contribution in [0.2, 0.25) is 0 Å². The number of carboxylic acid groups (broad SMARTS) is 2. The number of nitrogens with zero attached hydrogens (tertiary/aromatic N) is 6. The number of rotatable bonds is 2. The van der Waals surface area contributed by atoms with Crippen molar-refractivity contribution in [2.24, 2.45) is 11.8 Å². The number of hydrogen-bond donors (Lipinski definition) is 3. The molecular weight excluding hydrogens is 406 g/mol. The maximum atomic E-state index is 12.4. The monoisotopic (exact) mass is 437 g/mol. The summed E-state index contributed by atoms with van der Waals surface area (Å²) in [5.41, 5.74) is 6.00. The minimum Gasteiger partial charge on any atom is -0.483 e. The first-order valence-corrected chi connectivity index (χ1v) is 10.1. The molecule has 0 spiro atoms. The summed E-state index contributed by atoms with van der Waals surface area (Å²) in [6, 6.07) is 2.03. The topological polar surface area (TPSA) is 156 Å². The van der Waals surface area contributed by atoms with Crippen LogP contribution in [0.25, 0.3) is 0 Å². The minimum atomic E-state index is -0.250. The molecule has 1 aromatic rings. The van der Waals surface area contributed by atoms with E-state index in [1.54, 1.807) is 0 Å². The second-order valence-corrected chi connectivity index (χ2v) is 7.76. The van der Waals surface area contributed by atoms with Gasteiger partial charge in [-0.15, -0.1) is 0 Å². The minimum absolute atomic E-state index is 0.0852. The van der Waals surface area contributed by atoms with Gasteiger partial charge in [0.15, 0.2) is 0 Å². The largest absolute Gasteiger partial charge is 0.483 e. The molecule has 3 saturated heterocycles. The highest BCUT2D eigenvalue weighted by molar-refractivity contribution is 5.81. The fourth-order valence-corrected chi connectivity index (χ4v) is 4.18. The Bertz CT molecular complexity index is 751. The van der Waals surface area contributed by atoms with Crippen molar-refractivity contribution >= 4 is 36.4 Å². The number of nitrogens with two attached hydrogens (primary N) is 1. The van der Waals surface area contributed by atoms with Crippen molar-refractivity contribution in [3.63, 3.8) is 0 Å². The zero-order valence-corrected chi connectivity index (χ0v) is 17.9. The summed E-state index contributed by atoms with van der Waals surface area (Å²) in [5.74, 6) is 2.83. The first kappa shape index (κ1) is 24.1. The Kier molecular flexibility index (Phi) is 8.79. The Labute approximate surface area is 181 Å². The number of piperazine rings is 1. The highest BCUT2D eigenvalue weighted by atomic mass is 16.3. The van der Waals surface area contributed by atoms with E-state index in [1.807, 2.05) is 18.0 Å². The van der Waals surface area contributed by atoms with Gasteiger partial charge in [0.1, 0.15) is 11.6 Å². The molecule has 0 aromatic carbocycles. The lowest BCUT2D eigenvalue weighted by Gasteiger charge is -2.33. The van der Waals surface area contributed by atoms with Crippen LogP contribution in [0.3, 0.4) is 0 Å². The fraction of sp³-hybridized carbons (Fsp3) is 0.632. The molecule has 12 heteroatoms. The van der Waals surface area contributed by atoms with Crippen LogP contribution >= 0.6 is 0 Å². The molecule has 3 aliphatic rings. The van der Waals surface area contributed by atoms with Gasteiger partial charge in [0, 0.05) is 58.9 Å². The normalized spacial score (nSPS) is 23.2. The molecule has 0 aliphatic carbocycles. The Balaban J connectivity index is 0.000000513. The molecule has 0 unspecified atom stereocenters. The quantitative estimate of drug-likeness (QED) is 0.494. The van der Waals surface area contributed by atoms with E-state index in [2.05, 4.69) is 31.7 Å². The Morgan fingerprint density at radius 3 is 2.10 bits per heavy atom. The summed E-state index contributed by atoms with van der Waals surface area (Å²) in [6.07, 6.45) is 1.06. The predicted molar refractivity (Wildman–Crippen MR) is 115 cm³/mol. The van der Waals surface area contributed by atoms with Crippen molar-refractivity contribution in [2.75, 3.05) is 75.4 Å². The SMILES string of the molecule is CN1CCN(c2cc(N3C[C@H]4CCN(C)C(=O)[C@H]4C3)nc(N)n2)CC1.O=CO.O=CO. The van der Waals surface area contributed by atoms with Gasteiger partial charge in [0.05, 0.1) is 5.92 Å². The smallest absolute Gasteiger partial charge is 0.290 e. The van der Waals surface area contributed by atoms with Gasteiger partial charge in [-0.2, -0.15) is 9.97 Å². The van der Waals surface area contributed by atoms with Gasteiger partial charge < -0.3 is 35.5 Å². The molecule has 0 saturated carbocycles. The van der Waals surface area contributed by atoms with Gasteiger partial charge in [-0.3, -0.25) is 14.4 Å². The molecule has 3 fully saturated rings. The van der Waals surface area contributed by atoms with Gasteiger partial charge in [-0.25, -0.2) is 0 Å². The zero-order chi connectivity index (χ0) is 23.0. The third-order valence-electron chi connectivity index (χ3n) is 5.84. The van der Waals surface area contributed by atoms with Crippen molar-refractivity contribution < 1.29 is 24.6 Å². The molecule has 4 rings (SSSR count). The summed E-state index contributed by atoms with van der Waals surface area (Å²) < 4.78 is 0. The van der Waals surface area contributed by atoms with Crippen LogP contribution in [0.4, 0.5) is 17.6 Å². The third-order valence-corrected chi connectivity index (χ3v) is 5.84. The molecule has 4 heterocycles. The number of anilines is 3. The first-order valence-electron chi connectivity index (χ1n) is 10.1. The third kappa shape index (κ3) is 6.17. The average Bonchev–Trinajstić information content (AvgIpc) is 3.17. The number of aromatic nitrogens is 2. The van der Waals surface area contributed by atoms with E-state index < -0.39 is 0 Å². The predicted octanol–water partition coefficient (Wildman–Crippen LogP) is -0.873. The molecule has 0 bridgehead atoms. The van der Waals surface area contributed by atoms with E-state index >= 15 is 0 Å². The van der Waals surface area contributed by atoms with Crippen LogP contribution in [0, 0.1) is 11.8 Å². The lowest BCUT2D eigenvalue weighted by Crippen LogP contribution is -2.45. The molecule has 2 atom stereocenters. The van der Waals surface area contributed by atoms with Crippen molar-refractivity contribution in [3.8, 4) is 0 Å². The number of fused-ring (bicyclic) bond motifs is 1. The number of carbonyl (C=O) groups excluding carboxylic acids is 1. The highest BCUT2D eigenvalue weighted by Crippen LogP contribution is 2.34. The molecule has 1 aromatic heterocycles. The summed E-state index contributed by atoms with van der Waals surface area (Å²) in [7, 11) is 4.03. The molecule has 3 aliphatic heterocycles. The van der Waals surface area contributed by atoms with E-state index in [0.717, 1.165) is 63.9 Å². The standard InChI is InChI=1S/C17H27N7O.2CH2O2/c1-21-5-7-23(8-6-21)14-9-15(20-17(18)19-14)24-10-12-3-4-22(2)16(25)13(12)11-24;2*2-1-3/h9,12-13H,3-8,10-11H2,1-2H3,(H2,18,19,20);2*1H,(H,2,3)/t12-,13+;;/m1../s1. The van der Waals surface area contributed by atoms with Crippen molar-refractivity contribution in [1.82, 2.24) is 19.8 Å². The zero-order valence-electron chi connectivity index (χ0n) is 17.9. The summed E-state index contributed by atoms with van der Waals surface area (Å²) in [5, 5.41) is 13.8. The second kappa shape index (κ2) is 11.3. The van der Waals surface area contributed by atoms with Gasteiger partial charge >= 0.3 is 0 Å². The fourth-order valence-electron chi connectivity index (χ4n) is 4.18. The molecule has 172 valence electrons. The van der Waals surface area contributed by atoms with Crippen LogP contribution in [0.1, 0.15) is 6.42 Å². The van der Waals surface area contributed by atoms with E-state index in [0.29, 0.717) is 11.9 Å². The van der Waals surface area contributed by atoms with Gasteiger partial charge in [-0.05, 0) is 19.4 Å². The number of amides is 1. The van der Waals surface area contributed by atoms with Gasteiger partial charge in [-0.1, -0.05) is 0 Å². The number of carbonyl (C=O) groups is 3. The highest BCUT2D eigenvalue weighted by Gasteiger charge is 2.42. The van der Waals surface area contributed by atoms with Crippen LogP contribution in [0.5, 0.6) is 0 Å².